The van der Waals surface area contributed by atoms with Crippen molar-refractivity contribution in [3.05, 3.63) is 53.6 Å². The molecule has 0 bridgehead atoms. The molecule has 0 fully saturated rings. The molecule has 0 saturated carbocycles. The number of nitrogens with one attached hydrogen (secondary N) is 1. The van der Waals surface area contributed by atoms with Crippen molar-refractivity contribution < 1.29 is 19.0 Å². The van der Waals surface area contributed by atoms with Gasteiger partial charge in [-0.25, -0.2) is 0 Å². The van der Waals surface area contributed by atoms with Gasteiger partial charge in [-0.2, -0.15) is 0 Å². The Morgan fingerprint density at radius 2 is 1.77 bits per heavy atom. The number of ether oxygens (including phenoxy) is 3. The van der Waals surface area contributed by atoms with Crippen LogP contribution in [0.2, 0.25) is 0 Å². The van der Waals surface area contributed by atoms with Gasteiger partial charge in [0.15, 0.2) is 0 Å². The van der Waals surface area contributed by atoms with E-state index in [4.69, 9.17) is 14.2 Å². The lowest BCUT2D eigenvalue weighted by Crippen LogP contribution is -2.41. The predicted octanol–water partition coefficient (Wildman–Crippen LogP) is 3.66. The monoisotopic (exact) mass is 355 g/mol. The van der Waals surface area contributed by atoms with Crippen molar-refractivity contribution in [1.82, 2.24) is 5.32 Å². The number of methoxy groups -OCH3 is 2. The first-order chi connectivity index (χ1) is 12.4. The summed E-state index contributed by atoms with van der Waals surface area (Å²) in [6.45, 7) is 4.05. The van der Waals surface area contributed by atoms with Gasteiger partial charge in [0.1, 0.15) is 22.8 Å². The zero-order chi connectivity index (χ0) is 18.7. The van der Waals surface area contributed by atoms with Gasteiger partial charge in [0.2, 0.25) is 5.91 Å². The van der Waals surface area contributed by atoms with Gasteiger partial charge in [0.25, 0.3) is 0 Å². The second-order valence-corrected chi connectivity index (χ2v) is 7.11. The molecule has 26 heavy (non-hydrogen) atoms. The highest BCUT2D eigenvalue weighted by molar-refractivity contribution is 5.79. The Labute approximate surface area is 154 Å². The van der Waals surface area contributed by atoms with E-state index in [-0.39, 0.29) is 17.6 Å². The molecule has 1 aliphatic heterocycles. The van der Waals surface area contributed by atoms with Crippen LogP contribution < -0.4 is 19.5 Å². The maximum absolute atomic E-state index is 12.6. The Morgan fingerprint density at radius 1 is 1.12 bits per heavy atom. The molecule has 2 aromatic rings. The highest BCUT2D eigenvalue weighted by Crippen LogP contribution is 2.41. The van der Waals surface area contributed by atoms with Crippen LogP contribution in [0.3, 0.4) is 0 Å². The molecule has 1 amide bonds. The number of amides is 1. The van der Waals surface area contributed by atoms with E-state index in [1.807, 2.05) is 56.3 Å². The van der Waals surface area contributed by atoms with Crippen molar-refractivity contribution in [2.24, 2.45) is 0 Å². The first-order valence-corrected chi connectivity index (χ1v) is 8.69. The Bertz CT molecular complexity index is 783. The zero-order valence-corrected chi connectivity index (χ0v) is 15.7. The minimum absolute atomic E-state index is 0.0142. The number of benzene rings is 2. The second-order valence-electron chi connectivity index (χ2n) is 7.11. The molecular weight excluding hydrogens is 330 g/mol. The summed E-state index contributed by atoms with van der Waals surface area (Å²) in [5.74, 6) is 2.27. The van der Waals surface area contributed by atoms with Crippen LogP contribution in [0.1, 0.15) is 37.4 Å². The standard InChI is InChI=1S/C21H25NO4/c1-21(2)13-18(17-10-9-16(25-4)12-19(17)26-21)22-20(23)11-14-5-7-15(24-3)8-6-14/h5-10,12,18H,11,13H2,1-4H3,(H,22,23). The minimum atomic E-state index is -0.364. The molecule has 5 nitrogen and oxygen atoms in total. The van der Waals surface area contributed by atoms with Crippen LogP contribution in [0.5, 0.6) is 17.2 Å². The number of hydrogen-bond donors (Lipinski definition) is 1. The summed E-state index contributed by atoms with van der Waals surface area (Å²) in [6, 6.07) is 13.2. The fourth-order valence-electron chi connectivity index (χ4n) is 3.26. The summed E-state index contributed by atoms with van der Waals surface area (Å²) >= 11 is 0. The van der Waals surface area contributed by atoms with Gasteiger partial charge >= 0.3 is 0 Å². The fraction of sp³-hybridized carbons (Fsp3) is 0.381. The normalized spacial score (nSPS) is 17.6. The third-order valence-corrected chi connectivity index (χ3v) is 4.54. The smallest absolute Gasteiger partial charge is 0.224 e. The quantitative estimate of drug-likeness (QED) is 0.889. The summed E-state index contributed by atoms with van der Waals surface area (Å²) in [5, 5.41) is 3.15. The van der Waals surface area contributed by atoms with Crippen molar-refractivity contribution in [2.45, 2.75) is 38.3 Å². The molecule has 0 spiro atoms. The Balaban J connectivity index is 1.75. The number of hydrogen-bond acceptors (Lipinski definition) is 4. The lowest BCUT2D eigenvalue weighted by molar-refractivity contribution is -0.121. The van der Waals surface area contributed by atoms with Crippen molar-refractivity contribution >= 4 is 5.91 Å². The molecule has 0 radical (unpaired) electrons. The van der Waals surface area contributed by atoms with Crippen LogP contribution in [0.25, 0.3) is 0 Å². The Morgan fingerprint density at radius 3 is 2.42 bits per heavy atom. The van der Waals surface area contributed by atoms with E-state index in [9.17, 15) is 4.79 Å². The molecule has 0 aromatic heterocycles. The number of fused-ring (bicyclic) bond motifs is 1. The highest BCUT2D eigenvalue weighted by atomic mass is 16.5. The van der Waals surface area contributed by atoms with E-state index in [0.717, 1.165) is 28.4 Å². The van der Waals surface area contributed by atoms with Gasteiger partial charge < -0.3 is 19.5 Å². The van der Waals surface area contributed by atoms with Gasteiger partial charge in [0.05, 0.1) is 26.7 Å². The maximum atomic E-state index is 12.6. The molecule has 0 saturated heterocycles. The SMILES string of the molecule is COc1ccc(CC(=O)NC2CC(C)(C)Oc3cc(OC)ccc32)cc1. The van der Waals surface area contributed by atoms with Gasteiger partial charge in [-0.3, -0.25) is 4.79 Å². The molecule has 5 heteroatoms. The van der Waals surface area contributed by atoms with Crippen LogP contribution >= 0.6 is 0 Å². The van der Waals surface area contributed by atoms with E-state index in [2.05, 4.69) is 5.32 Å². The molecule has 1 heterocycles. The van der Waals surface area contributed by atoms with E-state index in [1.54, 1.807) is 14.2 Å². The van der Waals surface area contributed by atoms with Gasteiger partial charge in [-0.05, 0) is 43.7 Å². The third kappa shape index (κ3) is 4.10. The minimum Gasteiger partial charge on any atom is -0.497 e. The number of carbonyl (C=O) groups excluding carboxylic acids is 1. The predicted molar refractivity (Wildman–Crippen MR) is 99.9 cm³/mol. The highest BCUT2D eigenvalue weighted by Gasteiger charge is 2.34. The summed E-state index contributed by atoms with van der Waals surface area (Å²) in [5.41, 5.74) is 1.56. The van der Waals surface area contributed by atoms with Gasteiger partial charge in [-0.15, -0.1) is 0 Å². The second kappa shape index (κ2) is 7.28. The summed E-state index contributed by atoms with van der Waals surface area (Å²) in [6.07, 6.45) is 1.04. The Hall–Kier alpha value is -2.69. The average molecular weight is 355 g/mol. The van der Waals surface area contributed by atoms with Crippen molar-refractivity contribution in [2.75, 3.05) is 14.2 Å². The van der Waals surface area contributed by atoms with E-state index in [1.165, 1.54) is 0 Å². The van der Waals surface area contributed by atoms with Crippen LogP contribution in [-0.4, -0.2) is 25.7 Å². The van der Waals surface area contributed by atoms with Crippen molar-refractivity contribution in [1.29, 1.82) is 0 Å². The first kappa shape index (κ1) is 18.1. The molecule has 138 valence electrons. The molecule has 2 aromatic carbocycles. The van der Waals surface area contributed by atoms with Crippen LogP contribution in [0.4, 0.5) is 0 Å². The molecule has 1 atom stereocenters. The zero-order valence-electron chi connectivity index (χ0n) is 15.7. The van der Waals surface area contributed by atoms with Crippen molar-refractivity contribution in [3.63, 3.8) is 0 Å². The first-order valence-electron chi connectivity index (χ1n) is 8.69. The summed E-state index contributed by atoms with van der Waals surface area (Å²) in [4.78, 5) is 12.6. The molecule has 1 unspecified atom stereocenters. The summed E-state index contributed by atoms with van der Waals surface area (Å²) < 4.78 is 16.5. The molecule has 3 rings (SSSR count). The number of rotatable bonds is 5. The molecule has 1 N–H and O–H groups in total. The molecule has 1 aliphatic rings. The summed E-state index contributed by atoms with van der Waals surface area (Å²) in [7, 11) is 3.25. The van der Waals surface area contributed by atoms with Crippen LogP contribution in [0, 0.1) is 0 Å². The number of carbonyl (C=O) groups is 1. The average Bonchev–Trinajstić information content (AvgIpc) is 2.60. The van der Waals surface area contributed by atoms with E-state index in [0.29, 0.717) is 12.8 Å². The van der Waals surface area contributed by atoms with Gasteiger partial charge in [0, 0.05) is 18.1 Å². The van der Waals surface area contributed by atoms with E-state index >= 15 is 0 Å². The lowest BCUT2D eigenvalue weighted by atomic mass is 9.89. The van der Waals surface area contributed by atoms with Crippen LogP contribution in [-0.2, 0) is 11.2 Å². The fourth-order valence-corrected chi connectivity index (χ4v) is 3.26. The molecule has 0 aliphatic carbocycles. The Kier molecular flexibility index (Phi) is 5.07. The van der Waals surface area contributed by atoms with Crippen molar-refractivity contribution in [3.8, 4) is 17.2 Å². The van der Waals surface area contributed by atoms with Crippen LogP contribution in [0.15, 0.2) is 42.5 Å². The topological polar surface area (TPSA) is 56.8 Å². The van der Waals surface area contributed by atoms with E-state index < -0.39 is 0 Å². The van der Waals surface area contributed by atoms with Gasteiger partial charge in [-0.1, -0.05) is 12.1 Å². The maximum Gasteiger partial charge on any atom is 0.224 e. The molecular formula is C21H25NO4. The third-order valence-electron chi connectivity index (χ3n) is 4.54. The lowest BCUT2D eigenvalue weighted by Gasteiger charge is -2.38. The largest absolute Gasteiger partial charge is 0.497 e.